The summed E-state index contributed by atoms with van der Waals surface area (Å²) in [5.41, 5.74) is 0. The van der Waals surface area contributed by atoms with E-state index in [0.29, 0.717) is 32.9 Å². The first-order valence-electron chi connectivity index (χ1n) is 4.66. The van der Waals surface area contributed by atoms with E-state index in [-0.39, 0.29) is 11.9 Å². The fourth-order valence-corrected chi connectivity index (χ4v) is 1.51. The first-order valence-corrected chi connectivity index (χ1v) is 6.72. The predicted molar refractivity (Wildman–Crippen MR) is 53.1 cm³/mol. The van der Waals surface area contributed by atoms with E-state index in [1.165, 1.54) is 6.26 Å². The maximum absolute atomic E-state index is 10.7. The third-order valence-corrected chi connectivity index (χ3v) is 2.84. The lowest BCUT2D eigenvalue weighted by atomic mass is 10.3. The molecule has 1 heterocycles. The average molecular weight is 223 g/mol. The first kappa shape index (κ1) is 11.9. The molecule has 0 atom stereocenters. The Morgan fingerprint density at radius 1 is 1.43 bits per heavy atom. The molecule has 0 spiro atoms. The Bertz CT molecular complexity index is 248. The largest absolute Gasteiger partial charge is 0.376 e. The second-order valence-corrected chi connectivity index (χ2v) is 5.67. The summed E-state index contributed by atoms with van der Waals surface area (Å²) in [5, 5.41) is 3.00. The molecule has 0 amide bonds. The van der Waals surface area contributed by atoms with Gasteiger partial charge in [-0.1, -0.05) is 0 Å². The van der Waals surface area contributed by atoms with Gasteiger partial charge < -0.3 is 14.8 Å². The Balaban J connectivity index is 1.84. The lowest BCUT2D eigenvalue weighted by molar-refractivity contribution is -0.128. The average Bonchev–Trinajstić information content (AvgIpc) is 1.97. The molecule has 0 unspecified atom stereocenters. The fraction of sp³-hybridized carbons (Fsp3) is 1.00. The van der Waals surface area contributed by atoms with Crippen LogP contribution in [0.15, 0.2) is 0 Å². The lowest BCUT2D eigenvalue weighted by Gasteiger charge is -2.25. The molecule has 0 bridgehead atoms. The third kappa shape index (κ3) is 5.54. The highest BCUT2D eigenvalue weighted by Gasteiger charge is 2.17. The minimum absolute atomic E-state index is 0.180. The first-order chi connectivity index (χ1) is 6.58. The summed E-state index contributed by atoms with van der Waals surface area (Å²) in [6.07, 6.45) is 1.48. The summed E-state index contributed by atoms with van der Waals surface area (Å²) in [5.74, 6) is 0.180. The van der Waals surface area contributed by atoms with Gasteiger partial charge in [0.25, 0.3) is 0 Å². The van der Waals surface area contributed by atoms with Crippen molar-refractivity contribution in [3.05, 3.63) is 0 Å². The molecule has 0 aromatic rings. The summed E-state index contributed by atoms with van der Waals surface area (Å²) in [4.78, 5) is 0. The SMILES string of the molecule is CS(=O)(=O)CCNCCOC1COC1. The summed E-state index contributed by atoms with van der Waals surface area (Å²) >= 11 is 0. The van der Waals surface area contributed by atoms with E-state index in [4.69, 9.17) is 9.47 Å². The van der Waals surface area contributed by atoms with Crippen molar-refractivity contribution in [2.45, 2.75) is 6.10 Å². The molecule has 14 heavy (non-hydrogen) atoms. The van der Waals surface area contributed by atoms with Gasteiger partial charge in [0.15, 0.2) is 0 Å². The van der Waals surface area contributed by atoms with Crippen molar-refractivity contribution in [3.63, 3.8) is 0 Å². The minimum atomic E-state index is -2.84. The summed E-state index contributed by atoms with van der Waals surface area (Å²) < 4.78 is 31.8. The zero-order valence-corrected chi connectivity index (χ0v) is 9.18. The quantitative estimate of drug-likeness (QED) is 0.563. The Morgan fingerprint density at radius 2 is 2.14 bits per heavy atom. The number of hydrogen-bond donors (Lipinski definition) is 1. The van der Waals surface area contributed by atoms with Crippen LogP contribution in [0.5, 0.6) is 0 Å². The number of nitrogens with one attached hydrogen (secondary N) is 1. The van der Waals surface area contributed by atoms with Crippen molar-refractivity contribution in [2.24, 2.45) is 0 Å². The standard InChI is InChI=1S/C8H17NO4S/c1-14(10,11)5-3-9-2-4-13-8-6-12-7-8/h8-9H,2-7H2,1H3. The molecule has 1 aliphatic rings. The van der Waals surface area contributed by atoms with E-state index in [9.17, 15) is 8.42 Å². The van der Waals surface area contributed by atoms with Gasteiger partial charge in [0.2, 0.25) is 0 Å². The molecule has 1 N–H and O–H groups in total. The molecule has 1 aliphatic heterocycles. The van der Waals surface area contributed by atoms with E-state index < -0.39 is 9.84 Å². The minimum Gasteiger partial charge on any atom is -0.376 e. The van der Waals surface area contributed by atoms with Crippen molar-refractivity contribution in [1.82, 2.24) is 5.32 Å². The lowest BCUT2D eigenvalue weighted by Crippen LogP contribution is -2.38. The van der Waals surface area contributed by atoms with Crippen LogP contribution >= 0.6 is 0 Å². The van der Waals surface area contributed by atoms with Gasteiger partial charge in [-0.3, -0.25) is 0 Å². The molecule has 84 valence electrons. The molecule has 1 saturated heterocycles. The number of hydrogen-bond acceptors (Lipinski definition) is 5. The van der Waals surface area contributed by atoms with Crippen molar-refractivity contribution in [1.29, 1.82) is 0 Å². The Morgan fingerprint density at radius 3 is 2.64 bits per heavy atom. The van der Waals surface area contributed by atoms with Crippen LogP contribution in [0.2, 0.25) is 0 Å². The van der Waals surface area contributed by atoms with Crippen LogP contribution in [0.4, 0.5) is 0 Å². The molecule has 5 nitrogen and oxygen atoms in total. The van der Waals surface area contributed by atoms with E-state index in [2.05, 4.69) is 5.32 Å². The van der Waals surface area contributed by atoms with Crippen molar-refractivity contribution < 1.29 is 17.9 Å². The van der Waals surface area contributed by atoms with Crippen molar-refractivity contribution >= 4 is 9.84 Å². The highest BCUT2D eigenvalue weighted by molar-refractivity contribution is 7.90. The molecule has 0 aromatic heterocycles. The van der Waals surface area contributed by atoms with Gasteiger partial charge in [-0.15, -0.1) is 0 Å². The molecule has 0 aliphatic carbocycles. The molecule has 1 fully saturated rings. The van der Waals surface area contributed by atoms with Crippen LogP contribution in [0.1, 0.15) is 0 Å². The molecular formula is C8H17NO4S. The van der Waals surface area contributed by atoms with Crippen LogP contribution in [0.25, 0.3) is 0 Å². The van der Waals surface area contributed by atoms with Gasteiger partial charge >= 0.3 is 0 Å². The van der Waals surface area contributed by atoms with Crippen LogP contribution in [0.3, 0.4) is 0 Å². The maximum atomic E-state index is 10.7. The molecule has 0 saturated carbocycles. The smallest absolute Gasteiger partial charge is 0.148 e. The fourth-order valence-electron chi connectivity index (χ4n) is 0.991. The monoisotopic (exact) mass is 223 g/mol. The van der Waals surface area contributed by atoms with Gasteiger partial charge in [-0.25, -0.2) is 8.42 Å². The zero-order valence-electron chi connectivity index (χ0n) is 8.36. The van der Waals surface area contributed by atoms with Crippen molar-refractivity contribution in [2.75, 3.05) is 44.9 Å². The van der Waals surface area contributed by atoms with E-state index in [1.807, 2.05) is 0 Å². The maximum Gasteiger partial charge on any atom is 0.148 e. The summed E-state index contributed by atoms with van der Waals surface area (Å²) in [6.45, 7) is 3.15. The number of sulfone groups is 1. The Kier molecular flexibility index (Phi) is 4.80. The van der Waals surface area contributed by atoms with Gasteiger partial charge in [0.1, 0.15) is 15.9 Å². The Hall–Kier alpha value is -0.170. The predicted octanol–water partition coefficient (Wildman–Crippen LogP) is -0.964. The Labute approximate surface area is 84.7 Å². The molecule has 1 rings (SSSR count). The van der Waals surface area contributed by atoms with Gasteiger partial charge in [-0.05, 0) is 0 Å². The van der Waals surface area contributed by atoms with E-state index >= 15 is 0 Å². The molecule has 6 heteroatoms. The van der Waals surface area contributed by atoms with Gasteiger partial charge in [-0.2, -0.15) is 0 Å². The summed E-state index contributed by atoms with van der Waals surface area (Å²) in [7, 11) is -2.84. The van der Waals surface area contributed by atoms with Crippen molar-refractivity contribution in [3.8, 4) is 0 Å². The molecule has 0 radical (unpaired) electrons. The normalized spacial score (nSPS) is 18.1. The summed E-state index contributed by atoms with van der Waals surface area (Å²) in [6, 6.07) is 0. The highest BCUT2D eigenvalue weighted by Crippen LogP contribution is 2.03. The van der Waals surface area contributed by atoms with E-state index in [1.54, 1.807) is 0 Å². The second kappa shape index (κ2) is 5.65. The number of rotatable bonds is 7. The highest BCUT2D eigenvalue weighted by atomic mass is 32.2. The zero-order chi connectivity index (χ0) is 10.4. The van der Waals surface area contributed by atoms with Gasteiger partial charge in [0, 0.05) is 19.3 Å². The van der Waals surface area contributed by atoms with E-state index in [0.717, 1.165) is 0 Å². The van der Waals surface area contributed by atoms with Crippen LogP contribution in [-0.4, -0.2) is 59.4 Å². The third-order valence-electron chi connectivity index (χ3n) is 1.89. The molecule has 0 aromatic carbocycles. The second-order valence-electron chi connectivity index (χ2n) is 3.41. The number of ether oxygens (including phenoxy) is 2. The van der Waals surface area contributed by atoms with Crippen LogP contribution in [0, 0.1) is 0 Å². The van der Waals surface area contributed by atoms with Gasteiger partial charge in [0.05, 0.1) is 25.6 Å². The molecular weight excluding hydrogens is 206 g/mol. The topological polar surface area (TPSA) is 64.6 Å². The van der Waals surface area contributed by atoms with Crippen LogP contribution < -0.4 is 5.32 Å². The van der Waals surface area contributed by atoms with Crippen LogP contribution in [-0.2, 0) is 19.3 Å².